The SMILES string of the molecule is CC1CCC(C[C@@H]2CCCN2C)N1C. The number of nitrogens with zero attached hydrogens (tertiary/aromatic N) is 2. The van der Waals surface area contributed by atoms with Crippen molar-refractivity contribution in [1.29, 1.82) is 0 Å². The average molecular weight is 196 g/mol. The first-order valence-electron chi connectivity index (χ1n) is 6.10. The van der Waals surface area contributed by atoms with Gasteiger partial charge in [0.1, 0.15) is 0 Å². The number of rotatable bonds is 2. The van der Waals surface area contributed by atoms with Crippen LogP contribution in [0.3, 0.4) is 0 Å². The standard InChI is InChI=1S/C12H24N2/c1-10-6-7-12(14(10)3)9-11-5-4-8-13(11)2/h10-12H,4-9H2,1-3H3/t10?,11-,12?/m0/s1. The molecule has 14 heavy (non-hydrogen) atoms. The minimum Gasteiger partial charge on any atom is -0.303 e. The Balaban J connectivity index is 1.85. The molecule has 82 valence electrons. The molecule has 0 saturated carbocycles. The molecule has 0 radical (unpaired) electrons. The van der Waals surface area contributed by atoms with Gasteiger partial charge in [0.2, 0.25) is 0 Å². The lowest BCUT2D eigenvalue weighted by Gasteiger charge is -2.28. The zero-order chi connectivity index (χ0) is 10.1. The van der Waals surface area contributed by atoms with Crippen molar-refractivity contribution >= 4 is 0 Å². The van der Waals surface area contributed by atoms with Crippen molar-refractivity contribution in [2.24, 2.45) is 0 Å². The molecule has 0 aliphatic carbocycles. The van der Waals surface area contributed by atoms with Crippen molar-refractivity contribution in [1.82, 2.24) is 9.80 Å². The van der Waals surface area contributed by atoms with Crippen molar-refractivity contribution in [3.8, 4) is 0 Å². The zero-order valence-electron chi connectivity index (χ0n) is 9.87. The summed E-state index contributed by atoms with van der Waals surface area (Å²) in [5, 5.41) is 0. The van der Waals surface area contributed by atoms with Gasteiger partial charge in [-0.15, -0.1) is 0 Å². The van der Waals surface area contributed by atoms with E-state index in [0.29, 0.717) is 0 Å². The van der Waals surface area contributed by atoms with Crippen LogP contribution in [0.25, 0.3) is 0 Å². The summed E-state index contributed by atoms with van der Waals surface area (Å²) in [5.74, 6) is 0. The summed E-state index contributed by atoms with van der Waals surface area (Å²) in [6.45, 7) is 3.68. The first kappa shape index (κ1) is 10.4. The summed E-state index contributed by atoms with van der Waals surface area (Å²) in [4.78, 5) is 5.14. The summed E-state index contributed by atoms with van der Waals surface area (Å²) in [6.07, 6.45) is 7.05. The third-order valence-corrected chi connectivity index (χ3v) is 4.40. The predicted molar refractivity (Wildman–Crippen MR) is 60.5 cm³/mol. The fourth-order valence-corrected chi connectivity index (χ4v) is 3.08. The van der Waals surface area contributed by atoms with Crippen molar-refractivity contribution in [2.45, 2.75) is 57.2 Å². The van der Waals surface area contributed by atoms with Gasteiger partial charge in [-0.05, 0) is 59.7 Å². The van der Waals surface area contributed by atoms with E-state index in [4.69, 9.17) is 0 Å². The molecule has 2 aliphatic heterocycles. The molecule has 2 nitrogen and oxygen atoms in total. The van der Waals surface area contributed by atoms with Crippen LogP contribution in [0.15, 0.2) is 0 Å². The van der Waals surface area contributed by atoms with Crippen LogP contribution in [0.2, 0.25) is 0 Å². The topological polar surface area (TPSA) is 6.48 Å². The average Bonchev–Trinajstić information content (AvgIpc) is 2.68. The highest BCUT2D eigenvalue weighted by Gasteiger charge is 2.31. The molecule has 3 atom stereocenters. The van der Waals surface area contributed by atoms with Crippen LogP contribution in [0, 0.1) is 0 Å². The molecule has 0 bridgehead atoms. The monoisotopic (exact) mass is 196 g/mol. The van der Waals surface area contributed by atoms with E-state index in [1.807, 2.05) is 0 Å². The molecule has 2 heterocycles. The highest BCUT2D eigenvalue weighted by atomic mass is 15.2. The van der Waals surface area contributed by atoms with Gasteiger partial charge in [-0.25, -0.2) is 0 Å². The van der Waals surface area contributed by atoms with E-state index in [9.17, 15) is 0 Å². The van der Waals surface area contributed by atoms with Gasteiger partial charge >= 0.3 is 0 Å². The predicted octanol–water partition coefficient (Wildman–Crippen LogP) is 1.95. The lowest BCUT2D eigenvalue weighted by Crippen LogP contribution is -2.36. The maximum Gasteiger partial charge on any atom is 0.0110 e. The number of likely N-dealkylation sites (tertiary alicyclic amines) is 2. The molecule has 0 aromatic rings. The molecule has 0 spiro atoms. The second-order valence-electron chi connectivity index (χ2n) is 5.26. The first-order valence-corrected chi connectivity index (χ1v) is 6.10. The summed E-state index contributed by atoms with van der Waals surface area (Å²) < 4.78 is 0. The van der Waals surface area contributed by atoms with Gasteiger partial charge in [0, 0.05) is 18.1 Å². The molecule has 0 aromatic heterocycles. The molecule has 2 fully saturated rings. The summed E-state index contributed by atoms with van der Waals surface area (Å²) >= 11 is 0. The molecule has 2 unspecified atom stereocenters. The number of hydrogen-bond acceptors (Lipinski definition) is 2. The summed E-state index contributed by atoms with van der Waals surface area (Å²) in [5.41, 5.74) is 0. The molecule has 0 aromatic carbocycles. The Morgan fingerprint density at radius 1 is 1.07 bits per heavy atom. The van der Waals surface area contributed by atoms with E-state index in [1.165, 1.54) is 38.6 Å². The van der Waals surface area contributed by atoms with Crippen LogP contribution in [0.1, 0.15) is 39.0 Å². The van der Waals surface area contributed by atoms with Crippen LogP contribution >= 0.6 is 0 Å². The maximum atomic E-state index is 2.59. The Labute approximate surface area is 88.3 Å². The molecular formula is C12H24N2. The lowest BCUT2D eigenvalue weighted by atomic mass is 10.0. The fraction of sp³-hybridized carbons (Fsp3) is 1.00. The maximum absolute atomic E-state index is 2.59. The van der Waals surface area contributed by atoms with E-state index >= 15 is 0 Å². The Bertz CT molecular complexity index is 193. The molecule has 0 amide bonds. The van der Waals surface area contributed by atoms with E-state index in [2.05, 4.69) is 30.8 Å². The summed E-state index contributed by atoms with van der Waals surface area (Å²) in [6, 6.07) is 2.54. The highest BCUT2D eigenvalue weighted by Crippen LogP contribution is 2.29. The van der Waals surface area contributed by atoms with Crippen LogP contribution in [-0.4, -0.2) is 48.6 Å². The van der Waals surface area contributed by atoms with Crippen LogP contribution in [0.5, 0.6) is 0 Å². The van der Waals surface area contributed by atoms with Gasteiger partial charge in [0.15, 0.2) is 0 Å². The van der Waals surface area contributed by atoms with Gasteiger partial charge < -0.3 is 9.80 Å². The minimum atomic E-state index is 0.812. The van der Waals surface area contributed by atoms with Gasteiger partial charge in [0.25, 0.3) is 0 Å². The molecule has 2 aliphatic rings. The Hall–Kier alpha value is -0.0800. The van der Waals surface area contributed by atoms with Crippen LogP contribution in [-0.2, 0) is 0 Å². The molecule has 2 saturated heterocycles. The second kappa shape index (κ2) is 4.19. The Kier molecular flexibility index (Phi) is 3.13. The van der Waals surface area contributed by atoms with Gasteiger partial charge in [-0.1, -0.05) is 0 Å². The Morgan fingerprint density at radius 3 is 2.36 bits per heavy atom. The summed E-state index contributed by atoms with van der Waals surface area (Å²) in [7, 11) is 4.59. The largest absolute Gasteiger partial charge is 0.303 e. The molecule has 2 heteroatoms. The minimum absolute atomic E-state index is 0.812. The molecule has 0 N–H and O–H groups in total. The van der Waals surface area contributed by atoms with Crippen LogP contribution in [0.4, 0.5) is 0 Å². The molecular weight excluding hydrogens is 172 g/mol. The third-order valence-electron chi connectivity index (χ3n) is 4.40. The van der Waals surface area contributed by atoms with Crippen molar-refractivity contribution in [3.05, 3.63) is 0 Å². The highest BCUT2D eigenvalue weighted by molar-refractivity contribution is 4.88. The normalized spacial score (nSPS) is 40.9. The van der Waals surface area contributed by atoms with Crippen molar-refractivity contribution in [2.75, 3.05) is 20.6 Å². The van der Waals surface area contributed by atoms with Crippen LogP contribution < -0.4 is 0 Å². The van der Waals surface area contributed by atoms with E-state index in [-0.39, 0.29) is 0 Å². The van der Waals surface area contributed by atoms with Crippen molar-refractivity contribution < 1.29 is 0 Å². The quantitative estimate of drug-likeness (QED) is 0.666. The van der Waals surface area contributed by atoms with E-state index in [0.717, 1.165) is 18.1 Å². The Morgan fingerprint density at radius 2 is 1.86 bits per heavy atom. The first-order chi connectivity index (χ1) is 6.68. The smallest absolute Gasteiger partial charge is 0.0110 e. The number of hydrogen-bond donors (Lipinski definition) is 0. The second-order valence-corrected chi connectivity index (χ2v) is 5.26. The van der Waals surface area contributed by atoms with E-state index in [1.54, 1.807) is 0 Å². The third kappa shape index (κ3) is 1.96. The van der Waals surface area contributed by atoms with Gasteiger partial charge in [-0.2, -0.15) is 0 Å². The van der Waals surface area contributed by atoms with Gasteiger partial charge in [0.05, 0.1) is 0 Å². The lowest BCUT2D eigenvalue weighted by molar-refractivity contribution is 0.194. The van der Waals surface area contributed by atoms with E-state index < -0.39 is 0 Å². The van der Waals surface area contributed by atoms with Gasteiger partial charge in [-0.3, -0.25) is 0 Å². The van der Waals surface area contributed by atoms with Crippen molar-refractivity contribution in [3.63, 3.8) is 0 Å². The zero-order valence-corrected chi connectivity index (χ0v) is 9.87. The fourth-order valence-electron chi connectivity index (χ4n) is 3.08. The molecule has 2 rings (SSSR count).